The smallest absolute Gasteiger partial charge is 0.242 e. The molecule has 0 radical (unpaired) electrons. The van der Waals surface area contributed by atoms with Crippen LogP contribution in [0.5, 0.6) is 0 Å². The molecular formula is C14H23N3O2S. The molecule has 5 nitrogen and oxygen atoms in total. The van der Waals surface area contributed by atoms with E-state index in [9.17, 15) is 8.42 Å². The van der Waals surface area contributed by atoms with Crippen LogP contribution in [0.3, 0.4) is 0 Å². The van der Waals surface area contributed by atoms with E-state index < -0.39 is 10.0 Å². The molecule has 1 unspecified atom stereocenters. The quantitative estimate of drug-likeness (QED) is 0.777. The maximum Gasteiger partial charge on any atom is 0.242 e. The molecule has 1 aliphatic carbocycles. The summed E-state index contributed by atoms with van der Waals surface area (Å²) in [6, 6.07) is 5.77. The maximum absolute atomic E-state index is 12.3. The van der Waals surface area contributed by atoms with Gasteiger partial charge in [0.2, 0.25) is 10.0 Å². The van der Waals surface area contributed by atoms with Gasteiger partial charge in [-0.25, -0.2) is 13.1 Å². The van der Waals surface area contributed by atoms with Crippen molar-refractivity contribution in [1.29, 1.82) is 0 Å². The van der Waals surface area contributed by atoms with Crippen molar-refractivity contribution in [3.05, 3.63) is 23.8 Å². The highest BCUT2D eigenvalue weighted by Crippen LogP contribution is 2.27. The van der Waals surface area contributed by atoms with Crippen molar-refractivity contribution in [1.82, 2.24) is 9.62 Å². The number of hydrogen-bond acceptors (Lipinski definition) is 4. The van der Waals surface area contributed by atoms with Crippen molar-refractivity contribution in [2.75, 3.05) is 19.3 Å². The maximum atomic E-state index is 12.3. The molecule has 0 bridgehead atoms. The number of rotatable bonds is 6. The number of nitrogen functional groups attached to an aromatic ring is 1. The lowest BCUT2D eigenvalue weighted by Crippen LogP contribution is -2.41. The minimum Gasteiger partial charge on any atom is -0.398 e. The topological polar surface area (TPSA) is 75.4 Å². The van der Waals surface area contributed by atoms with Gasteiger partial charge < -0.3 is 5.73 Å². The van der Waals surface area contributed by atoms with E-state index in [0.717, 1.165) is 5.56 Å². The second-order valence-corrected chi connectivity index (χ2v) is 7.37. The third kappa shape index (κ3) is 3.50. The highest BCUT2D eigenvalue weighted by atomic mass is 32.2. The minimum absolute atomic E-state index is 0.157. The molecular weight excluding hydrogens is 274 g/mol. The van der Waals surface area contributed by atoms with Gasteiger partial charge >= 0.3 is 0 Å². The Morgan fingerprint density at radius 3 is 2.65 bits per heavy atom. The molecule has 2 rings (SSSR count). The average molecular weight is 297 g/mol. The average Bonchev–Trinajstić information content (AvgIpc) is 3.18. The van der Waals surface area contributed by atoms with E-state index in [4.69, 9.17) is 5.73 Å². The summed E-state index contributed by atoms with van der Waals surface area (Å²) in [5, 5.41) is 0. The van der Waals surface area contributed by atoms with Crippen LogP contribution in [0.15, 0.2) is 23.1 Å². The standard InChI is InChI=1S/C14H23N3O2S/c1-10-4-7-14(13(15)8-10)20(18,19)16-9-11(2)17(3)12-5-6-12/h4,7-8,11-12,16H,5-6,9,15H2,1-3H3. The van der Waals surface area contributed by atoms with Gasteiger partial charge in [0.05, 0.1) is 5.69 Å². The Labute approximate surface area is 121 Å². The highest BCUT2D eigenvalue weighted by Gasteiger charge is 2.29. The Hall–Kier alpha value is -1.11. The second-order valence-electron chi connectivity index (χ2n) is 5.64. The molecule has 0 amide bonds. The molecule has 1 atom stereocenters. The molecule has 0 aliphatic heterocycles. The van der Waals surface area contributed by atoms with Crippen LogP contribution in [0.25, 0.3) is 0 Å². The number of anilines is 1. The van der Waals surface area contributed by atoms with Gasteiger partial charge in [0.25, 0.3) is 0 Å². The lowest BCUT2D eigenvalue weighted by Gasteiger charge is -2.24. The Morgan fingerprint density at radius 2 is 2.10 bits per heavy atom. The fourth-order valence-electron chi connectivity index (χ4n) is 2.21. The van der Waals surface area contributed by atoms with Crippen molar-refractivity contribution in [3.63, 3.8) is 0 Å². The van der Waals surface area contributed by atoms with Gasteiger partial charge in [-0.05, 0) is 51.4 Å². The molecule has 3 N–H and O–H groups in total. The van der Waals surface area contributed by atoms with Crippen molar-refractivity contribution >= 4 is 15.7 Å². The number of likely N-dealkylation sites (N-methyl/N-ethyl adjacent to an activating group) is 1. The summed E-state index contributed by atoms with van der Waals surface area (Å²) < 4.78 is 27.2. The normalized spacial score (nSPS) is 17.4. The first-order chi connectivity index (χ1) is 9.31. The van der Waals surface area contributed by atoms with Gasteiger partial charge in [0.15, 0.2) is 0 Å². The van der Waals surface area contributed by atoms with Gasteiger partial charge in [-0.2, -0.15) is 0 Å². The van der Waals surface area contributed by atoms with E-state index in [2.05, 4.69) is 9.62 Å². The van der Waals surface area contributed by atoms with E-state index in [1.165, 1.54) is 12.8 Å². The zero-order chi connectivity index (χ0) is 14.9. The predicted molar refractivity (Wildman–Crippen MR) is 81.0 cm³/mol. The van der Waals surface area contributed by atoms with Crippen LogP contribution in [0, 0.1) is 6.92 Å². The fraction of sp³-hybridized carbons (Fsp3) is 0.571. The van der Waals surface area contributed by atoms with E-state index in [0.29, 0.717) is 18.3 Å². The molecule has 20 heavy (non-hydrogen) atoms. The van der Waals surface area contributed by atoms with Crippen molar-refractivity contribution in [3.8, 4) is 0 Å². The molecule has 0 spiro atoms. The molecule has 112 valence electrons. The molecule has 1 aliphatic rings. The fourth-order valence-corrected chi connectivity index (χ4v) is 3.44. The van der Waals surface area contributed by atoms with Gasteiger partial charge in [0.1, 0.15) is 4.90 Å². The Balaban J connectivity index is 2.03. The van der Waals surface area contributed by atoms with E-state index in [1.54, 1.807) is 18.2 Å². The molecule has 1 saturated carbocycles. The summed E-state index contributed by atoms with van der Waals surface area (Å²) in [4.78, 5) is 2.38. The van der Waals surface area contributed by atoms with Crippen molar-refractivity contribution in [2.24, 2.45) is 0 Å². The summed E-state index contributed by atoms with van der Waals surface area (Å²) in [5.41, 5.74) is 7.04. The number of sulfonamides is 1. The van der Waals surface area contributed by atoms with Crippen LogP contribution in [-0.2, 0) is 10.0 Å². The van der Waals surface area contributed by atoms with E-state index in [1.807, 2.05) is 20.9 Å². The molecule has 0 heterocycles. The summed E-state index contributed by atoms with van der Waals surface area (Å²) in [6.45, 7) is 4.30. The van der Waals surface area contributed by atoms with Crippen LogP contribution in [0.2, 0.25) is 0 Å². The molecule has 6 heteroatoms. The lowest BCUT2D eigenvalue weighted by atomic mass is 10.2. The zero-order valence-electron chi connectivity index (χ0n) is 12.3. The summed E-state index contributed by atoms with van der Waals surface area (Å²) in [7, 11) is -1.50. The number of nitrogens with one attached hydrogen (secondary N) is 1. The van der Waals surface area contributed by atoms with Crippen LogP contribution >= 0.6 is 0 Å². The van der Waals surface area contributed by atoms with Gasteiger partial charge in [-0.15, -0.1) is 0 Å². The third-order valence-electron chi connectivity index (χ3n) is 3.84. The molecule has 1 aromatic rings. The Morgan fingerprint density at radius 1 is 1.45 bits per heavy atom. The third-order valence-corrected chi connectivity index (χ3v) is 5.34. The number of hydrogen-bond donors (Lipinski definition) is 2. The van der Waals surface area contributed by atoms with Crippen LogP contribution in [0.4, 0.5) is 5.69 Å². The molecule has 1 aromatic carbocycles. The second kappa shape index (κ2) is 5.71. The highest BCUT2D eigenvalue weighted by molar-refractivity contribution is 7.89. The minimum atomic E-state index is -3.54. The van der Waals surface area contributed by atoms with E-state index in [-0.39, 0.29) is 10.9 Å². The van der Waals surface area contributed by atoms with Gasteiger partial charge in [-0.1, -0.05) is 6.07 Å². The number of nitrogens with two attached hydrogens (primary N) is 1. The van der Waals surface area contributed by atoms with Gasteiger partial charge in [-0.3, -0.25) is 4.90 Å². The SMILES string of the molecule is Cc1ccc(S(=O)(=O)NCC(C)N(C)C2CC2)c(N)c1. The molecule has 0 saturated heterocycles. The van der Waals surface area contributed by atoms with Crippen LogP contribution < -0.4 is 10.5 Å². The van der Waals surface area contributed by atoms with Crippen LogP contribution in [0.1, 0.15) is 25.3 Å². The van der Waals surface area contributed by atoms with Crippen LogP contribution in [-0.4, -0.2) is 39.0 Å². The Kier molecular flexibility index (Phi) is 4.36. The Bertz CT molecular complexity index is 582. The van der Waals surface area contributed by atoms with E-state index >= 15 is 0 Å². The summed E-state index contributed by atoms with van der Waals surface area (Å²) in [5.74, 6) is 0. The number of aryl methyl sites for hydroxylation is 1. The number of nitrogens with zero attached hydrogens (tertiary/aromatic N) is 1. The zero-order valence-corrected chi connectivity index (χ0v) is 13.1. The molecule has 1 fully saturated rings. The first-order valence-corrected chi connectivity index (χ1v) is 8.37. The summed E-state index contributed by atoms with van der Waals surface area (Å²) >= 11 is 0. The largest absolute Gasteiger partial charge is 0.398 e. The van der Waals surface area contributed by atoms with Gasteiger partial charge in [0, 0.05) is 18.6 Å². The first-order valence-electron chi connectivity index (χ1n) is 6.89. The lowest BCUT2D eigenvalue weighted by molar-refractivity contribution is 0.248. The monoisotopic (exact) mass is 297 g/mol. The van der Waals surface area contributed by atoms with Crippen molar-refractivity contribution < 1.29 is 8.42 Å². The number of benzene rings is 1. The first kappa shape index (κ1) is 15.3. The predicted octanol–water partition coefficient (Wildman–Crippen LogP) is 1.34. The molecule has 0 aromatic heterocycles. The van der Waals surface area contributed by atoms with Crippen molar-refractivity contribution in [2.45, 2.75) is 43.7 Å². The summed E-state index contributed by atoms with van der Waals surface area (Å²) in [6.07, 6.45) is 2.41.